The topological polar surface area (TPSA) is 103 Å². The maximum atomic E-state index is 13.5. The molecule has 2 aromatic carbocycles. The van der Waals surface area contributed by atoms with E-state index in [4.69, 9.17) is 21.7 Å². The Bertz CT molecular complexity index is 1400. The molecular formula is C25H24FN5O4S. The number of nitrogens with zero attached hydrogens (tertiary/aromatic N) is 3. The summed E-state index contributed by atoms with van der Waals surface area (Å²) in [5.41, 5.74) is 4.76. The second-order valence-electron chi connectivity index (χ2n) is 7.69. The van der Waals surface area contributed by atoms with Gasteiger partial charge in [-0.25, -0.2) is 14.1 Å². The molecule has 4 aromatic rings. The number of benzene rings is 2. The van der Waals surface area contributed by atoms with Gasteiger partial charge in [0.2, 0.25) is 16.6 Å². The fourth-order valence-electron chi connectivity index (χ4n) is 3.51. The van der Waals surface area contributed by atoms with E-state index < -0.39 is 11.7 Å². The van der Waals surface area contributed by atoms with E-state index in [0.717, 1.165) is 11.3 Å². The van der Waals surface area contributed by atoms with E-state index in [2.05, 4.69) is 15.7 Å². The van der Waals surface area contributed by atoms with Gasteiger partial charge >= 0.3 is 0 Å². The van der Waals surface area contributed by atoms with Crippen LogP contribution in [0.15, 0.2) is 66.9 Å². The summed E-state index contributed by atoms with van der Waals surface area (Å²) < 4.78 is 26.8. The molecule has 0 saturated heterocycles. The zero-order valence-corrected chi connectivity index (χ0v) is 20.4. The van der Waals surface area contributed by atoms with Crippen LogP contribution in [0.2, 0.25) is 0 Å². The van der Waals surface area contributed by atoms with Crippen molar-refractivity contribution in [3.05, 3.63) is 88.7 Å². The van der Waals surface area contributed by atoms with Crippen LogP contribution in [0, 0.1) is 10.6 Å². The second kappa shape index (κ2) is 10.9. The Kier molecular flexibility index (Phi) is 7.50. The first-order valence-electron chi connectivity index (χ1n) is 10.9. The van der Waals surface area contributed by atoms with Crippen molar-refractivity contribution in [3.63, 3.8) is 0 Å². The van der Waals surface area contributed by atoms with Crippen LogP contribution < -0.4 is 20.2 Å². The number of carbonyl (C=O) groups is 1. The summed E-state index contributed by atoms with van der Waals surface area (Å²) in [6, 6.07) is 16.2. The zero-order valence-electron chi connectivity index (χ0n) is 19.6. The third-order valence-electron chi connectivity index (χ3n) is 5.38. The smallest absolute Gasteiger partial charge is 0.231 e. The van der Waals surface area contributed by atoms with Crippen LogP contribution in [0.3, 0.4) is 0 Å². The molecule has 0 atom stereocenters. The fourth-order valence-corrected chi connectivity index (χ4v) is 3.87. The number of aromatic nitrogens is 3. The summed E-state index contributed by atoms with van der Waals surface area (Å²) in [4.78, 5) is 17.0. The number of methoxy groups -OCH3 is 2. The minimum Gasteiger partial charge on any atom is -0.497 e. The number of carbonyl (C=O) groups excluding carboxylic acids is 1. The summed E-state index contributed by atoms with van der Waals surface area (Å²) in [5.74, 6) is 0.516. The molecule has 0 fully saturated rings. The third kappa shape index (κ3) is 5.47. The molecule has 2 aromatic heterocycles. The normalized spacial score (nSPS) is 10.6. The molecule has 0 spiro atoms. The van der Waals surface area contributed by atoms with Gasteiger partial charge in [0.1, 0.15) is 28.8 Å². The van der Waals surface area contributed by atoms with E-state index in [1.807, 2.05) is 24.3 Å². The van der Waals surface area contributed by atoms with Gasteiger partial charge in [0.15, 0.2) is 0 Å². The average Bonchev–Trinajstić information content (AvgIpc) is 3.12. The van der Waals surface area contributed by atoms with Gasteiger partial charge in [-0.05, 0) is 66.3 Å². The molecule has 0 saturated carbocycles. The SMILES string of the molecule is COc1ccc(CNn2c(CC(=O)Nc3ccc(OC)cn3)c(O)n(-c3ccc(F)cc3)c2=S)cc1. The van der Waals surface area contributed by atoms with Crippen molar-refractivity contribution in [3.8, 4) is 23.1 Å². The molecule has 36 heavy (non-hydrogen) atoms. The predicted molar refractivity (Wildman–Crippen MR) is 135 cm³/mol. The number of anilines is 1. The summed E-state index contributed by atoms with van der Waals surface area (Å²) in [6.45, 7) is 0.347. The first-order chi connectivity index (χ1) is 17.4. The number of halogens is 1. The van der Waals surface area contributed by atoms with Gasteiger partial charge in [0.05, 0.1) is 39.1 Å². The average molecular weight is 510 g/mol. The molecule has 0 radical (unpaired) electrons. The monoisotopic (exact) mass is 509 g/mol. The van der Waals surface area contributed by atoms with Crippen molar-refractivity contribution >= 4 is 23.9 Å². The van der Waals surface area contributed by atoms with Gasteiger partial charge < -0.3 is 25.3 Å². The number of hydrogen-bond acceptors (Lipinski definition) is 7. The molecule has 11 heteroatoms. The quantitative estimate of drug-likeness (QED) is 0.291. The maximum Gasteiger partial charge on any atom is 0.231 e. The number of pyridine rings is 1. The molecule has 0 aliphatic heterocycles. The van der Waals surface area contributed by atoms with Crippen LogP contribution in [0.25, 0.3) is 5.69 Å². The predicted octanol–water partition coefficient (Wildman–Crippen LogP) is 4.19. The van der Waals surface area contributed by atoms with Crippen molar-refractivity contribution in [2.75, 3.05) is 25.0 Å². The number of aromatic hydroxyl groups is 1. The summed E-state index contributed by atoms with van der Waals surface area (Å²) >= 11 is 5.61. The van der Waals surface area contributed by atoms with E-state index in [9.17, 15) is 14.3 Å². The van der Waals surface area contributed by atoms with Crippen LogP contribution in [-0.2, 0) is 17.8 Å². The molecule has 0 unspecified atom stereocenters. The Morgan fingerprint density at radius 2 is 1.69 bits per heavy atom. The Morgan fingerprint density at radius 1 is 1.03 bits per heavy atom. The van der Waals surface area contributed by atoms with Crippen molar-refractivity contribution in [1.82, 2.24) is 14.2 Å². The van der Waals surface area contributed by atoms with E-state index in [0.29, 0.717) is 23.8 Å². The minimum atomic E-state index is -0.423. The molecule has 4 rings (SSSR count). The Balaban J connectivity index is 1.64. The second-order valence-corrected chi connectivity index (χ2v) is 8.06. The molecule has 9 nitrogen and oxygen atoms in total. The van der Waals surface area contributed by atoms with Gasteiger partial charge in [-0.2, -0.15) is 0 Å². The molecule has 3 N–H and O–H groups in total. The Hall–Kier alpha value is -4.38. The summed E-state index contributed by atoms with van der Waals surface area (Å²) in [7, 11) is 3.11. The first kappa shape index (κ1) is 24.7. The number of hydrogen-bond donors (Lipinski definition) is 3. The van der Waals surface area contributed by atoms with Crippen LogP contribution >= 0.6 is 12.2 Å². The van der Waals surface area contributed by atoms with Crippen LogP contribution in [0.4, 0.5) is 10.2 Å². The molecule has 0 aliphatic carbocycles. The number of amides is 1. The van der Waals surface area contributed by atoms with Gasteiger partial charge in [0, 0.05) is 0 Å². The molecule has 186 valence electrons. The molecular weight excluding hydrogens is 485 g/mol. The lowest BCUT2D eigenvalue weighted by atomic mass is 10.2. The van der Waals surface area contributed by atoms with Crippen LogP contribution in [-0.4, -0.2) is 39.5 Å². The molecule has 2 heterocycles. The fraction of sp³-hybridized carbons (Fsp3) is 0.160. The van der Waals surface area contributed by atoms with E-state index in [1.54, 1.807) is 19.2 Å². The lowest BCUT2D eigenvalue weighted by Crippen LogP contribution is -2.22. The number of ether oxygens (including phenoxy) is 2. The zero-order chi connectivity index (χ0) is 25.7. The highest BCUT2D eigenvalue weighted by molar-refractivity contribution is 7.71. The highest BCUT2D eigenvalue weighted by Gasteiger charge is 2.21. The summed E-state index contributed by atoms with van der Waals surface area (Å²) in [6.07, 6.45) is 1.27. The van der Waals surface area contributed by atoms with Gasteiger partial charge in [-0.15, -0.1) is 0 Å². The highest BCUT2D eigenvalue weighted by Crippen LogP contribution is 2.26. The standard InChI is InChI=1S/C25H24FN5O4S/c1-34-19-9-3-16(4-10-19)14-28-31-21(13-23(32)29-22-12-11-20(35-2)15-27-22)24(33)30(25(31)36)18-7-5-17(26)6-8-18/h3-12,15,28,33H,13-14H2,1-2H3,(H,27,29,32). The van der Waals surface area contributed by atoms with Crippen molar-refractivity contribution in [1.29, 1.82) is 0 Å². The third-order valence-corrected chi connectivity index (χ3v) is 5.74. The van der Waals surface area contributed by atoms with Crippen molar-refractivity contribution < 1.29 is 23.8 Å². The van der Waals surface area contributed by atoms with Crippen LogP contribution in [0.5, 0.6) is 17.4 Å². The lowest BCUT2D eigenvalue weighted by molar-refractivity contribution is -0.115. The molecule has 1 amide bonds. The Morgan fingerprint density at radius 3 is 2.31 bits per heavy atom. The van der Waals surface area contributed by atoms with Gasteiger partial charge in [-0.1, -0.05) is 12.1 Å². The maximum absolute atomic E-state index is 13.5. The van der Waals surface area contributed by atoms with Crippen LogP contribution in [0.1, 0.15) is 11.3 Å². The molecule has 0 bridgehead atoms. The van der Waals surface area contributed by atoms with Crippen molar-refractivity contribution in [2.45, 2.75) is 13.0 Å². The van der Waals surface area contributed by atoms with Gasteiger partial charge in [-0.3, -0.25) is 9.36 Å². The lowest BCUT2D eigenvalue weighted by Gasteiger charge is -2.12. The van der Waals surface area contributed by atoms with E-state index in [-0.39, 0.29) is 22.8 Å². The molecule has 0 aliphatic rings. The Labute approximate surface area is 211 Å². The first-order valence-corrected chi connectivity index (χ1v) is 11.3. The van der Waals surface area contributed by atoms with Gasteiger partial charge in [0.25, 0.3) is 0 Å². The highest BCUT2D eigenvalue weighted by atomic mass is 32.1. The van der Waals surface area contributed by atoms with Crippen molar-refractivity contribution in [2.24, 2.45) is 0 Å². The minimum absolute atomic E-state index is 0.179. The number of rotatable bonds is 9. The largest absolute Gasteiger partial charge is 0.497 e. The number of imidazole rings is 1. The van der Waals surface area contributed by atoms with E-state index in [1.165, 1.54) is 46.8 Å². The summed E-state index contributed by atoms with van der Waals surface area (Å²) in [5, 5.41) is 13.8. The van der Waals surface area contributed by atoms with E-state index >= 15 is 0 Å². The number of nitrogens with one attached hydrogen (secondary N) is 2.